The van der Waals surface area contributed by atoms with Gasteiger partial charge in [0.05, 0.1) is 17.5 Å². The zero-order valence-electron chi connectivity index (χ0n) is 13.0. The molecule has 8 heteroatoms. The van der Waals surface area contributed by atoms with E-state index in [1.165, 1.54) is 4.31 Å². The zero-order valence-corrected chi connectivity index (χ0v) is 13.8. The van der Waals surface area contributed by atoms with Crippen molar-refractivity contribution in [2.45, 2.75) is 50.8 Å². The molecule has 1 fully saturated rings. The van der Waals surface area contributed by atoms with Gasteiger partial charge in [0.15, 0.2) is 0 Å². The Morgan fingerprint density at radius 1 is 1.52 bits per heavy atom. The van der Waals surface area contributed by atoms with Crippen molar-refractivity contribution in [1.82, 2.24) is 19.8 Å². The summed E-state index contributed by atoms with van der Waals surface area (Å²) in [6.45, 7) is 7.08. The van der Waals surface area contributed by atoms with Crippen LogP contribution in [-0.4, -0.2) is 55.3 Å². The number of hydrogen-bond acceptors (Lipinski definition) is 5. The van der Waals surface area contributed by atoms with E-state index in [1.807, 2.05) is 13.8 Å². The second-order valence-electron chi connectivity index (χ2n) is 5.67. The molecule has 120 valence electrons. The first kappa shape index (κ1) is 16.4. The minimum absolute atomic E-state index is 0.0239. The number of ether oxygens (including phenoxy) is 1. The van der Waals surface area contributed by atoms with Crippen molar-refractivity contribution in [3.05, 3.63) is 11.4 Å². The fraction of sp³-hybridized carbons (Fsp3) is 0.769. The Bertz CT molecular complexity index is 582. The van der Waals surface area contributed by atoms with E-state index in [0.717, 1.165) is 6.42 Å². The maximum Gasteiger partial charge on any atom is 0.246 e. The topological polar surface area (TPSA) is 87.3 Å². The Morgan fingerprint density at radius 3 is 2.81 bits per heavy atom. The maximum atomic E-state index is 12.8. The summed E-state index contributed by atoms with van der Waals surface area (Å²) in [6, 6.07) is 0.266. The monoisotopic (exact) mass is 316 g/mol. The molecule has 2 heterocycles. The fourth-order valence-corrected chi connectivity index (χ4v) is 4.28. The van der Waals surface area contributed by atoms with Crippen molar-refractivity contribution in [2.24, 2.45) is 0 Å². The predicted molar refractivity (Wildman–Crippen MR) is 79.5 cm³/mol. The van der Waals surface area contributed by atoms with Crippen LogP contribution >= 0.6 is 0 Å². The zero-order chi connectivity index (χ0) is 15.6. The van der Waals surface area contributed by atoms with Crippen LogP contribution in [0.5, 0.6) is 0 Å². The number of aromatic nitrogens is 2. The lowest BCUT2D eigenvalue weighted by Gasteiger charge is -2.17. The van der Waals surface area contributed by atoms with Crippen LogP contribution in [0.15, 0.2) is 4.90 Å². The number of H-pyrrole nitrogens is 1. The molecule has 1 aromatic rings. The number of rotatable bonds is 6. The third-order valence-corrected chi connectivity index (χ3v) is 5.75. The van der Waals surface area contributed by atoms with Crippen molar-refractivity contribution < 1.29 is 13.2 Å². The van der Waals surface area contributed by atoms with Gasteiger partial charge in [0.25, 0.3) is 0 Å². The molecule has 1 unspecified atom stereocenters. The lowest BCUT2D eigenvalue weighted by atomic mass is 10.3. The average molecular weight is 316 g/mol. The molecular formula is C13H24N4O3S. The van der Waals surface area contributed by atoms with Gasteiger partial charge in [-0.3, -0.25) is 5.10 Å². The first-order valence-corrected chi connectivity index (χ1v) is 8.60. The van der Waals surface area contributed by atoms with Crippen molar-refractivity contribution in [3.63, 3.8) is 0 Å². The summed E-state index contributed by atoms with van der Waals surface area (Å²) < 4.78 is 32.4. The summed E-state index contributed by atoms with van der Waals surface area (Å²) in [5, 5.41) is 10.1. The normalized spacial score (nSPS) is 20.5. The molecule has 21 heavy (non-hydrogen) atoms. The fourth-order valence-electron chi connectivity index (χ4n) is 2.47. The van der Waals surface area contributed by atoms with Gasteiger partial charge in [0.1, 0.15) is 4.90 Å². The van der Waals surface area contributed by atoms with Crippen LogP contribution in [0.3, 0.4) is 0 Å². The van der Waals surface area contributed by atoms with E-state index in [0.29, 0.717) is 35.9 Å². The Kier molecular flexibility index (Phi) is 5.03. The molecule has 0 aromatic carbocycles. The van der Waals surface area contributed by atoms with Crippen molar-refractivity contribution >= 4 is 10.0 Å². The van der Waals surface area contributed by atoms with Crippen LogP contribution in [0.25, 0.3) is 0 Å². The van der Waals surface area contributed by atoms with Gasteiger partial charge in [-0.2, -0.15) is 9.40 Å². The molecule has 1 atom stereocenters. The number of nitrogens with zero attached hydrogens (tertiary/aromatic N) is 2. The van der Waals surface area contributed by atoms with Crippen molar-refractivity contribution in [3.8, 4) is 0 Å². The average Bonchev–Trinajstić information content (AvgIpc) is 3.03. The highest BCUT2D eigenvalue weighted by molar-refractivity contribution is 7.89. The molecule has 0 spiro atoms. The van der Waals surface area contributed by atoms with E-state index in [-0.39, 0.29) is 12.1 Å². The van der Waals surface area contributed by atoms with Crippen LogP contribution in [0.2, 0.25) is 0 Å². The van der Waals surface area contributed by atoms with Crippen LogP contribution < -0.4 is 5.32 Å². The summed E-state index contributed by atoms with van der Waals surface area (Å²) in [5.41, 5.74) is 1.12. The van der Waals surface area contributed by atoms with Crippen LogP contribution in [0.1, 0.15) is 31.7 Å². The molecule has 7 nitrogen and oxygen atoms in total. The van der Waals surface area contributed by atoms with Crippen LogP contribution in [-0.2, 0) is 21.3 Å². The molecule has 1 aliphatic heterocycles. The molecule has 0 amide bonds. The summed E-state index contributed by atoms with van der Waals surface area (Å²) in [5.74, 6) is 0. The van der Waals surface area contributed by atoms with E-state index in [2.05, 4.69) is 15.5 Å². The molecule has 0 aliphatic carbocycles. The SMILES string of the molecule is COC1CCN(S(=O)(=O)c2c(CNC(C)C)n[nH]c2C)C1. The quantitative estimate of drug-likeness (QED) is 0.803. The Hall–Kier alpha value is -0.960. The largest absolute Gasteiger partial charge is 0.380 e. The van der Waals surface area contributed by atoms with Gasteiger partial charge < -0.3 is 10.1 Å². The third kappa shape index (κ3) is 3.45. The van der Waals surface area contributed by atoms with Gasteiger partial charge in [0.2, 0.25) is 10.0 Å². The summed E-state index contributed by atoms with van der Waals surface area (Å²) in [7, 11) is -1.92. The number of hydrogen-bond donors (Lipinski definition) is 2. The first-order chi connectivity index (χ1) is 9.86. The predicted octanol–water partition coefficient (Wildman–Crippen LogP) is 0.626. The summed E-state index contributed by atoms with van der Waals surface area (Å²) in [4.78, 5) is 0.299. The number of aryl methyl sites for hydroxylation is 1. The second-order valence-corrected chi connectivity index (χ2v) is 7.54. The molecule has 2 rings (SSSR count). The standard InChI is InChI=1S/C13H24N4O3S/c1-9(2)14-7-12-13(10(3)15-16-12)21(18,19)17-6-5-11(8-17)20-4/h9,11,14H,5-8H2,1-4H3,(H,15,16). The number of nitrogens with one attached hydrogen (secondary N) is 2. The molecule has 0 bridgehead atoms. The highest BCUT2D eigenvalue weighted by Gasteiger charge is 2.36. The van der Waals surface area contributed by atoms with Gasteiger partial charge in [-0.05, 0) is 13.3 Å². The van der Waals surface area contributed by atoms with Crippen molar-refractivity contribution in [2.75, 3.05) is 20.2 Å². The van der Waals surface area contributed by atoms with Crippen LogP contribution in [0.4, 0.5) is 0 Å². The summed E-state index contributed by atoms with van der Waals surface area (Å²) >= 11 is 0. The highest BCUT2D eigenvalue weighted by Crippen LogP contribution is 2.26. The molecule has 1 aliphatic rings. The molecule has 0 saturated carbocycles. The molecule has 0 radical (unpaired) electrons. The van der Waals surface area contributed by atoms with Gasteiger partial charge in [0, 0.05) is 32.8 Å². The van der Waals surface area contributed by atoms with Gasteiger partial charge >= 0.3 is 0 Å². The number of sulfonamides is 1. The Balaban J connectivity index is 2.25. The van der Waals surface area contributed by atoms with E-state index in [1.54, 1.807) is 14.0 Å². The molecule has 2 N–H and O–H groups in total. The van der Waals surface area contributed by atoms with Gasteiger partial charge in [-0.1, -0.05) is 13.8 Å². The van der Waals surface area contributed by atoms with E-state index >= 15 is 0 Å². The molecular weight excluding hydrogens is 292 g/mol. The third-order valence-electron chi connectivity index (χ3n) is 3.68. The van der Waals surface area contributed by atoms with Crippen LogP contribution in [0, 0.1) is 6.92 Å². The minimum atomic E-state index is -3.53. The maximum absolute atomic E-state index is 12.8. The van der Waals surface area contributed by atoms with Gasteiger partial charge in [-0.15, -0.1) is 0 Å². The number of aromatic amines is 1. The molecule has 1 aromatic heterocycles. The van der Waals surface area contributed by atoms with E-state index in [9.17, 15) is 8.42 Å². The summed E-state index contributed by atoms with van der Waals surface area (Å²) in [6.07, 6.45) is 0.705. The van der Waals surface area contributed by atoms with Gasteiger partial charge in [-0.25, -0.2) is 8.42 Å². The Morgan fingerprint density at radius 2 is 2.24 bits per heavy atom. The minimum Gasteiger partial charge on any atom is -0.380 e. The smallest absolute Gasteiger partial charge is 0.246 e. The molecule has 1 saturated heterocycles. The second kappa shape index (κ2) is 6.43. The van der Waals surface area contributed by atoms with Crippen molar-refractivity contribution in [1.29, 1.82) is 0 Å². The first-order valence-electron chi connectivity index (χ1n) is 7.16. The highest BCUT2D eigenvalue weighted by atomic mass is 32.2. The van der Waals surface area contributed by atoms with E-state index < -0.39 is 10.0 Å². The Labute approximate surface area is 126 Å². The number of methoxy groups -OCH3 is 1. The van der Waals surface area contributed by atoms with E-state index in [4.69, 9.17) is 4.74 Å². The lowest BCUT2D eigenvalue weighted by Crippen LogP contribution is -2.32. The lowest BCUT2D eigenvalue weighted by molar-refractivity contribution is 0.115.